The van der Waals surface area contributed by atoms with E-state index in [0.29, 0.717) is 17.6 Å². The molecule has 0 aliphatic carbocycles. The second-order valence-electron chi connectivity index (χ2n) is 6.64. The first-order valence-corrected chi connectivity index (χ1v) is 8.37. The van der Waals surface area contributed by atoms with Crippen molar-refractivity contribution in [2.24, 2.45) is 0 Å². The maximum Gasteiger partial charge on any atom is 0.401 e. The van der Waals surface area contributed by atoms with Crippen LogP contribution in [0.4, 0.5) is 13.2 Å². The number of halogens is 4. The van der Waals surface area contributed by atoms with Gasteiger partial charge in [-0.15, -0.1) is 0 Å². The van der Waals surface area contributed by atoms with Gasteiger partial charge in [-0.1, -0.05) is 23.7 Å². The summed E-state index contributed by atoms with van der Waals surface area (Å²) >= 11 is 5.95. The van der Waals surface area contributed by atoms with E-state index >= 15 is 0 Å². The van der Waals surface area contributed by atoms with E-state index in [2.05, 4.69) is 24.1 Å². The third kappa shape index (κ3) is 5.10. The first-order chi connectivity index (χ1) is 10.7. The molecule has 1 aliphatic heterocycles. The molecule has 23 heavy (non-hydrogen) atoms. The summed E-state index contributed by atoms with van der Waals surface area (Å²) in [6.45, 7) is 5.48. The van der Waals surface area contributed by atoms with Crippen molar-refractivity contribution in [3.05, 3.63) is 34.9 Å². The molecule has 1 saturated heterocycles. The SMILES string of the molecule is CC(C)N1CCC(CNCC(F)(F)F)(c2ccc(Cl)cc2)CC1. The summed E-state index contributed by atoms with van der Waals surface area (Å²) in [4.78, 5) is 2.37. The predicted octanol–water partition coefficient (Wildman–Crippen LogP) is 4.23. The lowest BCUT2D eigenvalue weighted by Crippen LogP contribution is -2.50. The Balaban J connectivity index is 2.13. The minimum atomic E-state index is -4.18. The minimum Gasteiger partial charge on any atom is -0.308 e. The fraction of sp³-hybridized carbons (Fsp3) is 0.647. The third-order valence-electron chi connectivity index (χ3n) is 4.73. The van der Waals surface area contributed by atoms with Gasteiger partial charge in [-0.3, -0.25) is 0 Å². The van der Waals surface area contributed by atoms with Gasteiger partial charge in [-0.25, -0.2) is 0 Å². The molecule has 130 valence electrons. The minimum absolute atomic E-state index is 0.263. The van der Waals surface area contributed by atoms with Crippen LogP contribution >= 0.6 is 11.6 Å². The molecular weight excluding hydrogens is 325 g/mol. The molecule has 1 aliphatic rings. The topological polar surface area (TPSA) is 15.3 Å². The second-order valence-corrected chi connectivity index (χ2v) is 7.07. The molecule has 2 nitrogen and oxygen atoms in total. The Labute approximate surface area is 141 Å². The number of hydrogen-bond acceptors (Lipinski definition) is 2. The van der Waals surface area contributed by atoms with Gasteiger partial charge >= 0.3 is 6.18 Å². The summed E-state index contributed by atoms with van der Waals surface area (Å²) in [6, 6.07) is 7.99. The van der Waals surface area contributed by atoms with Crippen LogP contribution in [-0.4, -0.2) is 43.3 Å². The van der Waals surface area contributed by atoms with Gasteiger partial charge in [-0.05, 0) is 57.5 Å². The molecule has 0 unspecified atom stereocenters. The molecule has 0 amide bonds. The van der Waals surface area contributed by atoms with Crippen molar-refractivity contribution in [2.45, 2.75) is 44.3 Å². The van der Waals surface area contributed by atoms with Crippen LogP contribution in [0.25, 0.3) is 0 Å². The highest BCUT2D eigenvalue weighted by Gasteiger charge is 2.37. The molecular formula is C17H24ClF3N2. The van der Waals surface area contributed by atoms with Crippen molar-refractivity contribution in [2.75, 3.05) is 26.2 Å². The van der Waals surface area contributed by atoms with E-state index in [1.807, 2.05) is 24.3 Å². The van der Waals surface area contributed by atoms with E-state index in [0.717, 1.165) is 31.5 Å². The van der Waals surface area contributed by atoms with Crippen LogP contribution < -0.4 is 5.32 Å². The summed E-state index contributed by atoms with van der Waals surface area (Å²) < 4.78 is 37.4. The molecule has 0 bridgehead atoms. The molecule has 1 aromatic rings. The summed E-state index contributed by atoms with van der Waals surface area (Å²) in [6.07, 6.45) is -2.49. The molecule has 0 aromatic heterocycles. The van der Waals surface area contributed by atoms with E-state index in [9.17, 15) is 13.2 Å². The fourth-order valence-corrected chi connectivity index (χ4v) is 3.41. The van der Waals surface area contributed by atoms with Crippen LogP contribution in [0.5, 0.6) is 0 Å². The predicted molar refractivity (Wildman–Crippen MR) is 88.0 cm³/mol. The van der Waals surface area contributed by atoms with Gasteiger partial charge in [0.15, 0.2) is 0 Å². The van der Waals surface area contributed by atoms with Crippen molar-refractivity contribution >= 4 is 11.6 Å². The van der Waals surface area contributed by atoms with Gasteiger partial charge in [0.2, 0.25) is 0 Å². The highest BCUT2D eigenvalue weighted by Crippen LogP contribution is 2.36. The average Bonchev–Trinajstić information content (AvgIpc) is 2.47. The van der Waals surface area contributed by atoms with Gasteiger partial charge in [0.25, 0.3) is 0 Å². The van der Waals surface area contributed by atoms with Crippen molar-refractivity contribution in [3.8, 4) is 0 Å². The van der Waals surface area contributed by atoms with Gasteiger partial charge in [0.05, 0.1) is 6.54 Å². The Bertz CT molecular complexity index is 492. The summed E-state index contributed by atoms with van der Waals surface area (Å²) in [5.74, 6) is 0. The number of alkyl halides is 3. The van der Waals surface area contributed by atoms with E-state index in [1.165, 1.54) is 0 Å². The first-order valence-electron chi connectivity index (χ1n) is 7.99. The maximum absolute atomic E-state index is 12.5. The molecule has 6 heteroatoms. The van der Waals surface area contributed by atoms with E-state index in [1.54, 1.807) is 0 Å². The Morgan fingerprint density at radius 3 is 2.22 bits per heavy atom. The monoisotopic (exact) mass is 348 g/mol. The first kappa shape index (κ1) is 18.6. The molecule has 0 spiro atoms. The van der Waals surface area contributed by atoms with E-state index in [-0.39, 0.29) is 5.41 Å². The van der Waals surface area contributed by atoms with Crippen LogP contribution in [0.2, 0.25) is 5.02 Å². The summed E-state index contributed by atoms with van der Waals surface area (Å²) in [5, 5.41) is 3.26. The summed E-state index contributed by atoms with van der Waals surface area (Å²) in [5.41, 5.74) is 0.807. The van der Waals surface area contributed by atoms with Crippen molar-refractivity contribution in [3.63, 3.8) is 0 Å². The molecule has 0 saturated carbocycles. The van der Waals surface area contributed by atoms with Crippen molar-refractivity contribution < 1.29 is 13.2 Å². The lowest BCUT2D eigenvalue weighted by Gasteiger charge is -2.44. The van der Waals surface area contributed by atoms with Gasteiger partial charge in [0, 0.05) is 23.0 Å². The van der Waals surface area contributed by atoms with Gasteiger partial charge < -0.3 is 10.2 Å². The average molecular weight is 349 g/mol. The van der Waals surface area contributed by atoms with E-state index in [4.69, 9.17) is 11.6 Å². The standard InChI is InChI=1S/C17H24ClF3N2/c1-13(2)23-9-7-16(8-10-23,11-22-12-17(19,20)21)14-3-5-15(18)6-4-14/h3-6,13,22H,7-12H2,1-2H3. The van der Waals surface area contributed by atoms with Crippen LogP contribution in [-0.2, 0) is 5.41 Å². The van der Waals surface area contributed by atoms with Crippen molar-refractivity contribution in [1.29, 1.82) is 0 Å². The smallest absolute Gasteiger partial charge is 0.308 e. The molecule has 1 heterocycles. The van der Waals surface area contributed by atoms with Crippen LogP contribution in [0.1, 0.15) is 32.3 Å². The Kier molecular flexibility index (Phi) is 5.98. The highest BCUT2D eigenvalue weighted by atomic mass is 35.5. The van der Waals surface area contributed by atoms with Crippen LogP contribution in [0.3, 0.4) is 0 Å². The molecule has 0 atom stereocenters. The number of likely N-dealkylation sites (tertiary alicyclic amines) is 1. The number of piperidine rings is 1. The molecule has 1 aromatic carbocycles. The number of rotatable bonds is 5. The lowest BCUT2D eigenvalue weighted by molar-refractivity contribution is -0.125. The normalized spacial score (nSPS) is 19.3. The number of benzene rings is 1. The zero-order chi connectivity index (χ0) is 17.1. The second kappa shape index (κ2) is 7.41. The lowest BCUT2D eigenvalue weighted by atomic mass is 9.72. The molecule has 2 rings (SSSR count). The fourth-order valence-electron chi connectivity index (χ4n) is 3.28. The zero-order valence-corrected chi connectivity index (χ0v) is 14.3. The number of nitrogens with zero attached hydrogens (tertiary/aromatic N) is 1. The zero-order valence-electron chi connectivity index (χ0n) is 13.6. The summed E-state index contributed by atoms with van der Waals surface area (Å²) in [7, 11) is 0. The molecule has 1 N–H and O–H groups in total. The van der Waals surface area contributed by atoms with Gasteiger partial charge in [-0.2, -0.15) is 13.2 Å². The third-order valence-corrected chi connectivity index (χ3v) is 4.98. The maximum atomic E-state index is 12.5. The molecule has 1 fully saturated rings. The Morgan fingerprint density at radius 1 is 1.17 bits per heavy atom. The Hall–Kier alpha value is -0.780. The molecule has 0 radical (unpaired) electrons. The Morgan fingerprint density at radius 2 is 1.74 bits per heavy atom. The number of nitrogens with one attached hydrogen (secondary N) is 1. The van der Waals surface area contributed by atoms with Crippen LogP contribution in [0.15, 0.2) is 24.3 Å². The quantitative estimate of drug-likeness (QED) is 0.856. The van der Waals surface area contributed by atoms with Crippen LogP contribution in [0, 0.1) is 0 Å². The highest BCUT2D eigenvalue weighted by molar-refractivity contribution is 6.30. The number of hydrogen-bond donors (Lipinski definition) is 1. The largest absolute Gasteiger partial charge is 0.401 e. The van der Waals surface area contributed by atoms with E-state index < -0.39 is 12.7 Å². The van der Waals surface area contributed by atoms with Gasteiger partial charge in [0.1, 0.15) is 0 Å². The van der Waals surface area contributed by atoms with Crippen molar-refractivity contribution in [1.82, 2.24) is 10.2 Å².